The van der Waals surface area contributed by atoms with Gasteiger partial charge in [-0.05, 0) is 25.0 Å². The van der Waals surface area contributed by atoms with Crippen molar-refractivity contribution in [3.05, 3.63) is 23.5 Å². The summed E-state index contributed by atoms with van der Waals surface area (Å²) in [4.78, 5) is 0. The smallest absolute Gasteiger partial charge is 0.118 e. The molecule has 0 saturated carbocycles. The van der Waals surface area contributed by atoms with E-state index >= 15 is 0 Å². The van der Waals surface area contributed by atoms with Crippen molar-refractivity contribution < 1.29 is 4.74 Å². The fourth-order valence-corrected chi connectivity index (χ4v) is 0.976. The van der Waals surface area contributed by atoms with Crippen LogP contribution in [0.5, 0.6) is 0 Å². The van der Waals surface area contributed by atoms with Gasteiger partial charge in [0.05, 0.1) is 6.61 Å². The van der Waals surface area contributed by atoms with Crippen molar-refractivity contribution in [2.45, 2.75) is 40.5 Å². The second-order valence-electron chi connectivity index (χ2n) is 2.55. The number of rotatable bonds is 2. The van der Waals surface area contributed by atoms with E-state index in [0.717, 1.165) is 25.2 Å². The van der Waals surface area contributed by atoms with Crippen molar-refractivity contribution in [1.82, 2.24) is 0 Å². The molecule has 0 N–H and O–H groups in total. The lowest BCUT2D eigenvalue weighted by molar-refractivity contribution is 0.257. The Morgan fingerprint density at radius 2 is 2.08 bits per heavy atom. The van der Waals surface area contributed by atoms with Gasteiger partial charge in [0.1, 0.15) is 5.76 Å². The molecule has 0 atom stereocenters. The molecule has 0 spiro atoms. The summed E-state index contributed by atoms with van der Waals surface area (Å²) in [5, 5.41) is 0. The summed E-state index contributed by atoms with van der Waals surface area (Å²) in [6.07, 6.45) is 6.38. The molecule has 1 heteroatoms. The SMILES string of the molecule is CC.CC/C=C\C1=C(C)CCO1. The highest BCUT2D eigenvalue weighted by molar-refractivity contribution is 5.21. The molecule has 0 saturated heterocycles. The van der Waals surface area contributed by atoms with Crippen molar-refractivity contribution in [3.63, 3.8) is 0 Å². The van der Waals surface area contributed by atoms with E-state index in [1.165, 1.54) is 5.57 Å². The van der Waals surface area contributed by atoms with Gasteiger partial charge in [-0.1, -0.05) is 26.8 Å². The van der Waals surface area contributed by atoms with E-state index in [1.807, 2.05) is 13.8 Å². The minimum atomic E-state index is 0.870. The first-order valence-electron chi connectivity index (χ1n) is 4.83. The molecule has 0 bridgehead atoms. The van der Waals surface area contributed by atoms with Gasteiger partial charge in [0, 0.05) is 6.42 Å². The van der Waals surface area contributed by atoms with E-state index < -0.39 is 0 Å². The highest BCUT2D eigenvalue weighted by Gasteiger charge is 2.07. The van der Waals surface area contributed by atoms with Gasteiger partial charge in [-0.2, -0.15) is 0 Å². The molecular weight excluding hydrogens is 148 g/mol. The fraction of sp³-hybridized carbons (Fsp3) is 0.636. The minimum Gasteiger partial charge on any atom is -0.493 e. The summed E-state index contributed by atoms with van der Waals surface area (Å²) in [5.41, 5.74) is 1.38. The second-order valence-corrected chi connectivity index (χ2v) is 2.55. The maximum atomic E-state index is 5.36. The first kappa shape index (κ1) is 11.3. The molecule has 70 valence electrons. The Bertz CT molecular complexity index is 166. The number of hydrogen-bond acceptors (Lipinski definition) is 1. The van der Waals surface area contributed by atoms with E-state index in [2.05, 4.69) is 26.0 Å². The average molecular weight is 168 g/mol. The molecule has 0 unspecified atom stereocenters. The number of ether oxygens (including phenoxy) is 1. The summed E-state index contributed by atoms with van der Waals surface area (Å²) in [7, 11) is 0. The van der Waals surface area contributed by atoms with Crippen LogP contribution < -0.4 is 0 Å². The topological polar surface area (TPSA) is 9.23 Å². The van der Waals surface area contributed by atoms with Gasteiger partial charge in [-0.3, -0.25) is 0 Å². The molecule has 1 nitrogen and oxygen atoms in total. The largest absolute Gasteiger partial charge is 0.493 e. The lowest BCUT2D eigenvalue weighted by atomic mass is 10.2. The van der Waals surface area contributed by atoms with Gasteiger partial charge < -0.3 is 4.74 Å². The number of allylic oxidation sites excluding steroid dienone is 2. The van der Waals surface area contributed by atoms with Crippen LogP contribution >= 0.6 is 0 Å². The molecule has 0 amide bonds. The van der Waals surface area contributed by atoms with Crippen LogP contribution in [0.1, 0.15) is 40.5 Å². The maximum absolute atomic E-state index is 5.36. The van der Waals surface area contributed by atoms with Crippen molar-refractivity contribution in [1.29, 1.82) is 0 Å². The standard InChI is InChI=1S/C9H14O.C2H6/c1-3-4-5-9-8(2)6-7-10-9;1-2/h4-5H,3,6-7H2,1-2H3;1-2H3/b5-4-;. The third-order valence-electron chi connectivity index (χ3n) is 1.66. The first-order valence-corrected chi connectivity index (χ1v) is 4.83. The summed E-state index contributed by atoms with van der Waals surface area (Å²) < 4.78 is 5.36. The molecule has 0 aliphatic carbocycles. The van der Waals surface area contributed by atoms with Gasteiger partial charge >= 0.3 is 0 Å². The molecule has 0 aromatic carbocycles. The zero-order valence-corrected chi connectivity index (χ0v) is 8.68. The molecule has 1 rings (SSSR count). The Kier molecular flexibility index (Phi) is 6.54. The zero-order chi connectivity index (χ0) is 9.40. The van der Waals surface area contributed by atoms with Crippen molar-refractivity contribution in [2.75, 3.05) is 6.61 Å². The van der Waals surface area contributed by atoms with Gasteiger partial charge in [-0.15, -0.1) is 0 Å². The Morgan fingerprint density at radius 3 is 2.50 bits per heavy atom. The predicted molar refractivity (Wildman–Crippen MR) is 54.0 cm³/mol. The summed E-state index contributed by atoms with van der Waals surface area (Å²) in [6.45, 7) is 9.12. The first-order chi connectivity index (χ1) is 5.84. The van der Waals surface area contributed by atoms with Crippen LogP contribution in [0.15, 0.2) is 23.5 Å². The third kappa shape index (κ3) is 3.61. The Labute approximate surface area is 76.1 Å². The van der Waals surface area contributed by atoms with Crippen molar-refractivity contribution in [3.8, 4) is 0 Å². The Balaban J connectivity index is 0.000000561. The molecular formula is C11H20O. The van der Waals surface area contributed by atoms with Crippen LogP contribution in [0.25, 0.3) is 0 Å². The van der Waals surface area contributed by atoms with Crippen LogP contribution in [0, 0.1) is 0 Å². The van der Waals surface area contributed by atoms with Crippen LogP contribution in [0.4, 0.5) is 0 Å². The Morgan fingerprint density at radius 1 is 1.42 bits per heavy atom. The van der Waals surface area contributed by atoms with Crippen LogP contribution in [0.3, 0.4) is 0 Å². The van der Waals surface area contributed by atoms with E-state index in [9.17, 15) is 0 Å². The van der Waals surface area contributed by atoms with Crippen LogP contribution in [-0.2, 0) is 4.74 Å². The summed E-state index contributed by atoms with van der Waals surface area (Å²) >= 11 is 0. The Hall–Kier alpha value is -0.720. The average Bonchev–Trinajstić information content (AvgIpc) is 2.51. The van der Waals surface area contributed by atoms with E-state index in [1.54, 1.807) is 0 Å². The van der Waals surface area contributed by atoms with Crippen molar-refractivity contribution in [2.24, 2.45) is 0 Å². The predicted octanol–water partition coefficient (Wildman–Crippen LogP) is 3.67. The quantitative estimate of drug-likeness (QED) is 0.611. The highest BCUT2D eigenvalue weighted by atomic mass is 16.5. The zero-order valence-electron chi connectivity index (χ0n) is 8.68. The molecule has 1 aliphatic rings. The lowest BCUT2D eigenvalue weighted by Crippen LogP contribution is -1.79. The van der Waals surface area contributed by atoms with Gasteiger partial charge in [0.15, 0.2) is 0 Å². The molecule has 0 aromatic heterocycles. The molecule has 0 radical (unpaired) electrons. The number of hydrogen-bond donors (Lipinski definition) is 0. The highest BCUT2D eigenvalue weighted by Crippen LogP contribution is 2.18. The molecule has 0 fully saturated rings. The van der Waals surface area contributed by atoms with E-state index in [-0.39, 0.29) is 0 Å². The van der Waals surface area contributed by atoms with Crippen LogP contribution in [0.2, 0.25) is 0 Å². The van der Waals surface area contributed by atoms with Crippen LogP contribution in [-0.4, -0.2) is 6.61 Å². The second kappa shape index (κ2) is 6.96. The van der Waals surface area contributed by atoms with Gasteiger partial charge in [0.2, 0.25) is 0 Å². The normalized spacial score (nSPS) is 16.0. The fourth-order valence-electron chi connectivity index (χ4n) is 0.976. The molecule has 1 aliphatic heterocycles. The lowest BCUT2D eigenvalue weighted by Gasteiger charge is -1.95. The van der Waals surface area contributed by atoms with Gasteiger partial charge in [0.25, 0.3) is 0 Å². The summed E-state index contributed by atoms with van der Waals surface area (Å²) in [5.74, 6) is 1.09. The maximum Gasteiger partial charge on any atom is 0.118 e. The molecule has 12 heavy (non-hydrogen) atoms. The third-order valence-corrected chi connectivity index (χ3v) is 1.66. The van der Waals surface area contributed by atoms with Crippen molar-refractivity contribution >= 4 is 0 Å². The monoisotopic (exact) mass is 168 g/mol. The molecule has 1 heterocycles. The minimum absolute atomic E-state index is 0.870. The molecule has 0 aromatic rings. The van der Waals surface area contributed by atoms with E-state index in [4.69, 9.17) is 4.74 Å². The van der Waals surface area contributed by atoms with Gasteiger partial charge in [-0.25, -0.2) is 0 Å². The summed E-state index contributed by atoms with van der Waals surface area (Å²) in [6, 6.07) is 0. The van der Waals surface area contributed by atoms with E-state index in [0.29, 0.717) is 0 Å².